The molecular weight excluding hydrogens is 225 g/mol. The van der Waals surface area contributed by atoms with Crippen LogP contribution in [0.15, 0.2) is 11.2 Å². The van der Waals surface area contributed by atoms with Crippen molar-refractivity contribution in [2.75, 3.05) is 6.54 Å². The molecule has 0 aromatic carbocycles. The summed E-state index contributed by atoms with van der Waals surface area (Å²) in [5.41, 5.74) is 0. The van der Waals surface area contributed by atoms with Crippen LogP contribution >= 0.6 is 35.1 Å². The molecule has 0 aliphatic carbocycles. The van der Waals surface area contributed by atoms with E-state index >= 15 is 0 Å². The van der Waals surface area contributed by atoms with Crippen LogP contribution in [0.5, 0.6) is 0 Å². The molecule has 0 saturated carbocycles. The molecule has 4 heteroatoms. The van der Waals surface area contributed by atoms with Gasteiger partial charge in [0.2, 0.25) is 0 Å². The summed E-state index contributed by atoms with van der Waals surface area (Å²) in [5.74, 6) is 0. The van der Waals surface area contributed by atoms with Crippen molar-refractivity contribution in [2.24, 2.45) is 0 Å². The second kappa shape index (κ2) is 6.05. The number of unbranched alkanes of at least 4 members (excludes halogenated alkanes) is 3. The molecule has 1 aliphatic rings. The summed E-state index contributed by atoms with van der Waals surface area (Å²) < 4.78 is 2.07. The van der Waals surface area contributed by atoms with Crippen LogP contribution in [0.4, 0.5) is 0 Å². The third kappa shape index (κ3) is 4.01. The number of hydrogen-bond acceptors (Lipinski definition) is 2. The molecule has 0 radical (unpaired) electrons. The maximum absolute atomic E-state index is 5.92. The molecule has 1 rings (SSSR count). The maximum atomic E-state index is 5.92. The summed E-state index contributed by atoms with van der Waals surface area (Å²) >= 11 is 13.4. The van der Waals surface area contributed by atoms with Crippen LogP contribution in [0.3, 0.4) is 0 Å². The molecule has 1 aliphatic heterocycles. The number of nitrogens with zero attached hydrogens (tertiary/aromatic N) is 1. The molecule has 0 spiro atoms. The molecule has 0 saturated heterocycles. The molecule has 1 nitrogen and oxygen atoms in total. The van der Waals surface area contributed by atoms with Gasteiger partial charge in [0.25, 0.3) is 0 Å². The second-order valence-electron chi connectivity index (χ2n) is 3.14. The monoisotopic (exact) mass is 239 g/mol. The molecule has 0 aromatic rings. The highest BCUT2D eigenvalue weighted by Crippen LogP contribution is 2.36. The topological polar surface area (TPSA) is 3.24 Å². The number of alkyl halides is 1. The number of hydrogen-bond donors (Lipinski definition) is 0. The normalized spacial score (nSPS) is 22.2. The van der Waals surface area contributed by atoms with Crippen LogP contribution in [-0.2, 0) is 0 Å². The first-order chi connectivity index (χ1) is 6.24. The standard InChI is InChI=1S/C9H15Cl2NS/c1-2-3-4-5-6-12-7-8(10)9(11)13-12/h7,9H,2-6H2,1H3. The lowest BCUT2D eigenvalue weighted by atomic mass is 10.2. The van der Waals surface area contributed by atoms with E-state index in [1.807, 2.05) is 6.20 Å². The van der Waals surface area contributed by atoms with Crippen molar-refractivity contribution in [1.29, 1.82) is 0 Å². The Kier molecular flexibility index (Phi) is 5.37. The van der Waals surface area contributed by atoms with Gasteiger partial charge >= 0.3 is 0 Å². The average molecular weight is 240 g/mol. The quantitative estimate of drug-likeness (QED) is 0.403. The van der Waals surface area contributed by atoms with Crippen molar-refractivity contribution >= 4 is 35.1 Å². The Labute approximate surface area is 94.6 Å². The van der Waals surface area contributed by atoms with Gasteiger partial charge in [0.05, 0.1) is 5.03 Å². The molecule has 0 bridgehead atoms. The highest BCUT2D eigenvalue weighted by Gasteiger charge is 2.21. The van der Waals surface area contributed by atoms with Gasteiger partial charge in [0.15, 0.2) is 0 Å². The van der Waals surface area contributed by atoms with Crippen LogP contribution in [0.2, 0.25) is 0 Å². The van der Waals surface area contributed by atoms with E-state index in [9.17, 15) is 0 Å². The third-order valence-electron chi connectivity index (χ3n) is 1.94. The van der Waals surface area contributed by atoms with Crippen molar-refractivity contribution in [2.45, 2.75) is 37.3 Å². The summed E-state index contributed by atoms with van der Waals surface area (Å²) in [4.78, 5) is 0. The summed E-state index contributed by atoms with van der Waals surface area (Å²) in [5, 5.41) is 0.752. The van der Waals surface area contributed by atoms with Crippen molar-refractivity contribution in [3.8, 4) is 0 Å². The Morgan fingerprint density at radius 3 is 2.77 bits per heavy atom. The van der Waals surface area contributed by atoms with Crippen LogP contribution in [0.1, 0.15) is 32.6 Å². The molecule has 0 amide bonds. The molecule has 76 valence electrons. The Hall–Kier alpha value is 0.470. The predicted octanol–water partition coefficient (Wildman–Crippen LogP) is 4.18. The average Bonchev–Trinajstić information content (AvgIpc) is 2.41. The highest BCUT2D eigenvalue weighted by molar-refractivity contribution is 7.99. The minimum Gasteiger partial charge on any atom is -0.320 e. The lowest BCUT2D eigenvalue weighted by Crippen LogP contribution is -2.07. The van der Waals surface area contributed by atoms with Gasteiger partial charge in [0, 0.05) is 12.7 Å². The Morgan fingerprint density at radius 1 is 1.46 bits per heavy atom. The van der Waals surface area contributed by atoms with Gasteiger partial charge in [-0.15, -0.1) is 11.6 Å². The lowest BCUT2D eigenvalue weighted by molar-refractivity contribution is 0.554. The summed E-state index contributed by atoms with van der Waals surface area (Å²) in [6.45, 7) is 3.28. The van der Waals surface area contributed by atoms with Crippen LogP contribution in [0, 0.1) is 0 Å². The van der Waals surface area contributed by atoms with Gasteiger partial charge in [-0.1, -0.05) is 37.8 Å². The number of rotatable bonds is 5. The Bertz CT molecular complexity index is 184. The molecule has 0 aromatic heterocycles. The van der Waals surface area contributed by atoms with E-state index in [1.54, 1.807) is 11.9 Å². The van der Waals surface area contributed by atoms with E-state index in [1.165, 1.54) is 25.7 Å². The SMILES string of the molecule is CCCCCCN1C=C(Cl)C(Cl)S1. The zero-order valence-corrected chi connectivity index (χ0v) is 10.1. The molecule has 1 atom stereocenters. The van der Waals surface area contributed by atoms with E-state index in [0.29, 0.717) is 0 Å². The van der Waals surface area contributed by atoms with Crippen molar-refractivity contribution < 1.29 is 0 Å². The maximum Gasteiger partial charge on any atom is 0.136 e. The number of halogens is 2. The zero-order chi connectivity index (χ0) is 9.68. The molecule has 1 heterocycles. The van der Waals surface area contributed by atoms with E-state index in [2.05, 4.69) is 11.2 Å². The first-order valence-electron chi connectivity index (χ1n) is 4.68. The summed E-state index contributed by atoms with van der Waals surface area (Å²) in [6.07, 6.45) is 7.06. The first-order valence-corrected chi connectivity index (χ1v) is 6.34. The van der Waals surface area contributed by atoms with Gasteiger partial charge < -0.3 is 4.31 Å². The lowest BCUT2D eigenvalue weighted by Gasteiger charge is -2.13. The van der Waals surface area contributed by atoms with E-state index in [0.717, 1.165) is 11.6 Å². The van der Waals surface area contributed by atoms with E-state index < -0.39 is 0 Å². The molecule has 1 unspecified atom stereocenters. The van der Waals surface area contributed by atoms with Gasteiger partial charge in [0.1, 0.15) is 4.71 Å². The minimum atomic E-state index is -0.0622. The summed E-state index contributed by atoms with van der Waals surface area (Å²) in [7, 11) is 0. The second-order valence-corrected chi connectivity index (χ2v) is 5.42. The highest BCUT2D eigenvalue weighted by atomic mass is 35.5. The Morgan fingerprint density at radius 2 is 2.23 bits per heavy atom. The van der Waals surface area contributed by atoms with Gasteiger partial charge in [-0.2, -0.15) is 0 Å². The third-order valence-corrected chi connectivity index (χ3v) is 3.97. The van der Waals surface area contributed by atoms with Crippen molar-refractivity contribution in [3.05, 3.63) is 11.2 Å². The van der Waals surface area contributed by atoms with Gasteiger partial charge in [-0.3, -0.25) is 0 Å². The fraction of sp³-hybridized carbons (Fsp3) is 0.778. The van der Waals surface area contributed by atoms with Crippen LogP contribution in [-0.4, -0.2) is 15.6 Å². The zero-order valence-electron chi connectivity index (χ0n) is 7.80. The van der Waals surface area contributed by atoms with Crippen LogP contribution < -0.4 is 0 Å². The molecule has 0 fully saturated rings. The molecule has 13 heavy (non-hydrogen) atoms. The minimum absolute atomic E-state index is 0.0622. The fourth-order valence-electron chi connectivity index (χ4n) is 1.21. The van der Waals surface area contributed by atoms with E-state index in [-0.39, 0.29) is 4.71 Å². The molecule has 0 N–H and O–H groups in total. The van der Waals surface area contributed by atoms with Crippen molar-refractivity contribution in [3.63, 3.8) is 0 Å². The Balaban J connectivity index is 2.10. The van der Waals surface area contributed by atoms with Crippen molar-refractivity contribution in [1.82, 2.24) is 4.31 Å². The first kappa shape index (κ1) is 11.5. The summed E-state index contributed by atoms with van der Waals surface area (Å²) in [6, 6.07) is 0. The largest absolute Gasteiger partial charge is 0.320 e. The fourth-order valence-corrected chi connectivity index (χ4v) is 2.67. The predicted molar refractivity (Wildman–Crippen MR) is 62.0 cm³/mol. The smallest absolute Gasteiger partial charge is 0.136 e. The van der Waals surface area contributed by atoms with E-state index in [4.69, 9.17) is 23.2 Å². The molecular formula is C9H15Cl2NS. The van der Waals surface area contributed by atoms with Gasteiger partial charge in [-0.25, -0.2) is 0 Å². The van der Waals surface area contributed by atoms with Gasteiger partial charge in [-0.05, 0) is 18.4 Å². The van der Waals surface area contributed by atoms with Crippen LogP contribution in [0.25, 0.3) is 0 Å².